The van der Waals surface area contributed by atoms with Crippen molar-refractivity contribution in [3.63, 3.8) is 0 Å². The van der Waals surface area contributed by atoms with Gasteiger partial charge in [0.2, 0.25) is 0 Å². The zero-order valence-corrected chi connectivity index (χ0v) is 18.6. The van der Waals surface area contributed by atoms with Crippen molar-refractivity contribution in [3.8, 4) is 0 Å². The number of anilines is 1. The second kappa shape index (κ2) is 10.8. The molecular formula is C22H24ClNO7. The predicted octanol–water partition coefficient (Wildman–Crippen LogP) is 3.08. The van der Waals surface area contributed by atoms with Gasteiger partial charge in [0.05, 0.1) is 43.2 Å². The van der Waals surface area contributed by atoms with Crippen LogP contribution in [-0.2, 0) is 33.4 Å². The maximum atomic E-state index is 13.4. The highest BCUT2D eigenvalue weighted by Crippen LogP contribution is 2.42. The zero-order chi connectivity index (χ0) is 23.1. The molecule has 1 aromatic rings. The maximum Gasteiger partial charge on any atom is 0.339 e. The van der Waals surface area contributed by atoms with Crippen LogP contribution in [0.1, 0.15) is 32.3 Å². The number of methoxy groups -OCH3 is 2. The minimum absolute atomic E-state index is 0.0154. The molecule has 8 nitrogen and oxygen atoms in total. The Balaban J connectivity index is 2.88. The van der Waals surface area contributed by atoms with Crippen LogP contribution in [0.3, 0.4) is 0 Å². The van der Waals surface area contributed by atoms with Crippen molar-refractivity contribution in [2.24, 2.45) is 0 Å². The molecule has 0 unspecified atom stereocenters. The number of rotatable bonds is 8. The largest absolute Gasteiger partial charge is 0.466 e. The summed E-state index contributed by atoms with van der Waals surface area (Å²) in [4.78, 5) is 52.3. The first-order valence-electron chi connectivity index (χ1n) is 9.72. The number of halogens is 1. The molecule has 0 atom stereocenters. The van der Waals surface area contributed by atoms with Gasteiger partial charge >= 0.3 is 17.9 Å². The molecule has 1 heterocycles. The summed E-state index contributed by atoms with van der Waals surface area (Å²) in [5.41, 5.74) is -0.0168. The number of benzene rings is 1. The van der Waals surface area contributed by atoms with Gasteiger partial charge in [0.25, 0.3) is 5.91 Å². The second-order valence-electron chi connectivity index (χ2n) is 6.52. The Bertz CT molecular complexity index is 965. The van der Waals surface area contributed by atoms with Crippen molar-refractivity contribution in [1.29, 1.82) is 0 Å². The van der Waals surface area contributed by atoms with E-state index in [4.69, 9.17) is 21.1 Å². The van der Waals surface area contributed by atoms with Crippen molar-refractivity contribution in [2.45, 2.75) is 26.7 Å². The average molecular weight is 450 g/mol. The minimum Gasteiger partial charge on any atom is -0.466 e. The Morgan fingerprint density at radius 3 is 2.39 bits per heavy atom. The van der Waals surface area contributed by atoms with E-state index in [2.05, 4.69) is 4.74 Å². The summed E-state index contributed by atoms with van der Waals surface area (Å²) < 4.78 is 14.5. The van der Waals surface area contributed by atoms with E-state index in [9.17, 15) is 19.2 Å². The summed E-state index contributed by atoms with van der Waals surface area (Å²) in [6.07, 6.45) is 2.36. The van der Waals surface area contributed by atoms with E-state index in [0.29, 0.717) is 22.8 Å². The molecule has 0 aromatic heterocycles. The van der Waals surface area contributed by atoms with Crippen molar-refractivity contribution in [2.75, 3.05) is 32.3 Å². The van der Waals surface area contributed by atoms with E-state index in [1.54, 1.807) is 19.1 Å². The third-order valence-corrected chi connectivity index (χ3v) is 4.82. The average Bonchev–Trinajstić information content (AvgIpc) is 3.01. The molecule has 1 aromatic carbocycles. The Kier molecular flexibility index (Phi) is 8.38. The van der Waals surface area contributed by atoms with Crippen LogP contribution in [0.4, 0.5) is 5.69 Å². The molecule has 0 saturated carbocycles. The van der Waals surface area contributed by atoms with Crippen LogP contribution in [0.25, 0.3) is 5.57 Å². The second-order valence-corrected chi connectivity index (χ2v) is 6.95. The fourth-order valence-corrected chi connectivity index (χ4v) is 3.33. The van der Waals surface area contributed by atoms with Gasteiger partial charge in [-0.05, 0) is 31.5 Å². The van der Waals surface area contributed by atoms with Crippen LogP contribution < -0.4 is 4.90 Å². The van der Waals surface area contributed by atoms with Gasteiger partial charge < -0.3 is 19.1 Å². The van der Waals surface area contributed by atoms with Gasteiger partial charge in [-0.15, -0.1) is 0 Å². The maximum absolute atomic E-state index is 13.4. The molecule has 31 heavy (non-hydrogen) atoms. The van der Waals surface area contributed by atoms with Gasteiger partial charge in [0, 0.05) is 23.2 Å². The SMILES string of the molecule is CCCCN1C(=O)/C(=C(C(=O)OCC)\C(=C\C(=O)OC)C(=O)OC)c2cc(Cl)ccc21. The summed E-state index contributed by atoms with van der Waals surface area (Å²) in [6, 6.07) is 4.83. The fraction of sp³-hybridized carbons (Fsp3) is 0.364. The number of carbonyl (C=O) groups excluding carboxylic acids is 4. The molecule has 0 N–H and O–H groups in total. The Labute approximate surface area is 185 Å². The number of hydrogen-bond acceptors (Lipinski definition) is 7. The molecule has 0 bridgehead atoms. The lowest BCUT2D eigenvalue weighted by Crippen LogP contribution is -2.29. The summed E-state index contributed by atoms with van der Waals surface area (Å²) in [5, 5.41) is 0.334. The molecule has 0 spiro atoms. The number of ether oxygens (including phenoxy) is 3. The first kappa shape index (κ1) is 24.1. The molecule has 0 aliphatic carbocycles. The number of fused-ring (bicyclic) bond motifs is 1. The van der Waals surface area contributed by atoms with E-state index in [1.807, 2.05) is 6.92 Å². The van der Waals surface area contributed by atoms with Gasteiger partial charge in [0.1, 0.15) is 0 Å². The van der Waals surface area contributed by atoms with Gasteiger partial charge in [-0.25, -0.2) is 14.4 Å². The van der Waals surface area contributed by atoms with E-state index >= 15 is 0 Å². The third-order valence-electron chi connectivity index (χ3n) is 4.58. The number of unbranched alkanes of at least 4 members (excludes halogenated alkanes) is 1. The van der Waals surface area contributed by atoms with Crippen molar-refractivity contribution in [3.05, 3.63) is 46.0 Å². The molecule has 0 fully saturated rings. The normalized spacial score (nSPS) is 14.8. The highest BCUT2D eigenvalue weighted by molar-refractivity contribution is 6.39. The van der Waals surface area contributed by atoms with E-state index in [0.717, 1.165) is 33.1 Å². The van der Waals surface area contributed by atoms with Crippen molar-refractivity contribution in [1.82, 2.24) is 0 Å². The van der Waals surface area contributed by atoms with Gasteiger partial charge in [-0.3, -0.25) is 4.79 Å². The summed E-state index contributed by atoms with van der Waals surface area (Å²) >= 11 is 6.16. The zero-order valence-electron chi connectivity index (χ0n) is 17.8. The monoisotopic (exact) mass is 449 g/mol. The van der Waals surface area contributed by atoms with Crippen LogP contribution in [0.15, 0.2) is 35.4 Å². The first-order chi connectivity index (χ1) is 14.8. The molecule has 166 valence electrons. The number of carbonyl (C=O) groups is 4. The highest BCUT2D eigenvalue weighted by Gasteiger charge is 2.39. The Morgan fingerprint density at radius 1 is 1.10 bits per heavy atom. The Hall–Kier alpha value is -3.13. The van der Waals surface area contributed by atoms with Gasteiger partial charge in [-0.2, -0.15) is 0 Å². The van der Waals surface area contributed by atoms with Crippen LogP contribution in [0.5, 0.6) is 0 Å². The minimum atomic E-state index is -0.996. The molecule has 0 saturated heterocycles. The molecule has 9 heteroatoms. The van der Waals surface area contributed by atoms with Crippen LogP contribution in [0, 0.1) is 0 Å². The lowest BCUT2D eigenvalue weighted by Gasteiger charge is -2.17. The lowest BCUT2D eigenvalue weighted by molar-refractivity contribution is -0.141. The molecule has 0 radical (unpaired) electrons. The lowest BCUT2D eigenvalue weighted by atomic mass is 9.94. The molecule has 1 amide bonds. The molecule has 1 aliphatic heterocycles. The number of hydrogen-bond donors (Lipinski definition) is 0. The third kappa shape index (κ3) is 5.14. The van der Waals surface area contributed by atoms with E-state index in [1.165, 1.54) is 11.0 Å². The topological polar surface area (TPSA) is 99.2 Å². The molecular weight excluding hydrogens is 426 g/mol. The number of amides is 1. The smallest absolute Gasteiger partial charge is 0.339 e. The summed E-state index contributed by atoms with van der Waals surface area (Å²) in [6.45, 7) is 3.95. The van der Waals surface area contributed by atoms with E-state index < -0.39 is 29.4 Å². The Morgan fingerprint density at radius 2 is 1.81 bits per heavy atom. The van der Waals surface area contributed by atoms with E-state index in [-0.39, 0.29) is 17.8 Å². The molecule has 2 rings (SSSR count). The quantitative estimate of drug-likeness (QED) is 0.341. The fourth-order valence-electron chi connectivity index (χ4n) is 3.15. The predicted molar refractivity (Wildman–Crippen MR) is 114 cm³/mol. The highest BCUT2D eigenvalue weighted by atomic mass is 35.5. The van der Waals surface area contributed by atoms with Crippen LogP contribution in [0.2, 0.25) is 5.02 Å². The van der Waals surface area contributed by atoms with Crippen LogP contribution in [-0.4, -0.2) is 51.2 Å². The van der Waals surface area contributed by atoms with Gasteiger partial charge in [0.15, 0.2) is 0 Å². The first-order valence-corrected chi connectivity index (χ1v) is 10.1. The number of esters is 3. The van der Waals surface area contributed by atoms with Crippen molar-refractivity contribution < 1.29 is 33.4 Å². The van der Waals surface area contributed by atoms with Crippen LogP contribution >= 0.6 is 11.6 Å². The van der Waals surface area contributed by atoms with Crippen molar-refractivity contribution >= 4 is 46.7 Å². The summed E-state index contributed by atoms with van der Waals surface area (Å²) in [7, 11) is 2.21. The number of nitrogens with zero attached hydrogens (tertiary/aromatic N) is 1. The summed E-state index contributed by atoms with van der Waals surface area (Å²) in [5.74, 6) is -3.35. The molecule has 1 aliphatic rings. The van der Waals surface area contributed by atoms with Gasteiger partial charge in [-0.1, -0.05) is 24.9 Å². The standard InChI is InChI=1S/C22H24ClNO7/c1-5-7-10-24-16-9-8-13(23)11-14(16)18(20(24)26)19(22(28)31-6-2)15(21(27)30-4)12-17(25)29-3/h8-9,11-12H,5-7,10H2,1-4H3/b15-12-,19-18+.